The monoisotopic (exact) mass is 199 g/mol. The van der Waals surface area contributed by atoms with Gasteiger partial charge in [-0.05, 0) is 19.3 Å². The molecule has 0 radical (unpaired) electrons. The van der Waals surface area contributed by atoms with E-state index < -0.39 is 17.8 Å². The van der Waals surface area contributed by atoms with Gasteiger partial charge in [0.2, 0.25) is 5.91 Å². The fourth-order valence-electron chi connectivity index (χ4n) is 1.33. The van der Waals surface area contributed by atoms with Crippen molar-refractivity contribution in [3.05, 3.63) is 0 Å². The molecular weight excluding hydrogens is 182 g/mol. The zero-order valence-electron chi connectivity index (χ0n) is 8.62. The molecule has 4 heteroatoms. The number of carboxylic acids is 1. The molecule has 1 fully saturated rings. The van der Waals surface area contributed by atoms with Gasteiger partial charge in [0.15, 0.2) is 0 Å². The van der Waals surface area contributed by atoms with E-state index in [4.69, 9.17) is 5.11 Å². The summed E-state index contributed by atoms with van der Waals surface area (Å²) in [4.78, 5) is 22.2. The average molecular weight is 199 g/mol. The highest BCUT2D eigenvalue weighted by Gasteiger charge is 2.28. The predicted octanol–water partition coefficient (Wildman–Crippen LogP) is 1.01. The summed E-state index contributed by atoms with van der Waals surface area (Å²) in [7, 11) is 0. The zero-order chi connectivity index (χ0) is 10.7. The van der Waals surface area contributed by atoms with Crippen LogP contribution in [-0.4, -0.2) is 23.0 Å². The second-order valence-corrected chi connectivity index (χ2v) is 4.05. The molecule has 0 aromatic rings. The number of aliphatic carboxylic acids is 1. The minimum atomic E-state index is -0.916. The number of carboxylic acid groups (broad SMARTS) is 1. The van der Waals surface area contributed by atoms with E-state index in [1.165, 1.54) is 0 Å². The van der Waals surface area contributed by atoms with Crippen molar-refractivity contribution in [3.8, 4) is 0 Å². The predicted molar refractivity (Wildman–Crippen MR) is 51.7 cm³/mol. The van der Waals surface area contributed by atoms with E-state index in [0.29, 0.717) is 0 Å². The van der Waals surface area contributed by atoms with Gasteiger partial charge in [-0.3, -0.25) is 9.59 Å². The van der Waals surface area contributed by atoms with Crippen LogP contribution >= 0.6 is 0 Å². The lowest BCUT2D eigenvalue weighted by molar-refractivity contribution is -0.146. The third kappa shape index (κ3) is 2.47. The van der Waals surface area contributed by atoms with E-state index in [-0.39, 0.29) is 11.9 Å². The Morgan fingerprint density at radius 1 is 1.29 bits per heavy atom. The van der Waals surface area contributed by atoms with Crippen molar-refractivity contribution in [2.75, 3.05) is 0 Å². The van der Waals surface area contributed by atoms with E-state index in [1.807, 2.05) is 0 Å². The number of amides is 1. The van der Waals surface area contributed by atoms with Crippen LogP contribution < -0.4 is 5.32 Å². The van der Waals surface area contributed by atoms with Crippen LogP contribution in [0.5, 0.6) is 0 Å². The molecule has 1 aliphatic rings. The molecule has 1 saturated carbocycles. The van der Waals surface area contributed by atoms with Crippen molar-refractivity contribution < 1.29 is 14.7 Å². The summed E-state index contributed by atoms with van der Waals surface area (Å²) in [5.74, 6) is -2.12. The van der Waals surface area contributed by atoms with E-state index in [0.717, 1.165) is 19.3 Å². The molecule has 1 amide bonds. The van der Waals surface area contributed by atoms with Gasteiger partial charge in [0, 0.05) is 12.0 Å². The number of carbonyl (C=O) groups excluding carboxylic acids is 1. The average Bonchev–Trinajstić information content (AvgIpc) is 2.08. The first-order valence-electron chi connectivity index (χ1n) is 5.05. The summed E-state index contributed by atoms with van der Waals surface area (Å²) in [5.41, 5.74) is 0. The first-order valence-corrected chi connectivity index (χ1v) is 5.05. The van der Waals surface area contributed by atoms with Gasteiger partial charge >= 0.3 is 5.97 Å². The van der Waals surface area contributed by atoms with Crippen molar-refractivity contribution in [3.63, 3.8) is 0 Å². The van der Waals surface area contributed by atoms with E-state index in [9.17, 15) is 9.59 Å². The van der Waals surface area contributed by atoms with Crippen molar-refractivity contribution in [1.82, 2.24) is 5.32 Å². The van der Waals surface area contributed by atoms with Gasteiger partial charge in [0.1, 0.15) is 0 Å². The first-order chi connectivity index (χ1) is 6.52. The van der Waals surface area contributed by atoms with Crippen molar-refractivity contribution in [1.29, 1.82) is 0 Å². The fourth-order valence-corrected chi connectivity index (χ4v) is 1.33. The molecule has 14 heavy (non-hydrogen) atoms. The summed E-state index contributed by atoms with van der Waals surface area (Å²) in [6.45, 7) is 3.22. The molecule has 0 aromatic carbocycles. The molecule has 4 nitrogen and oxygen atoms in total. The van der Waals surface area contributed by atoms with Crippen LogP contribution in [0.2, 0.25) is 0 Å². The van der Waals surface area contributed by atoms with Crippen LogP contribution in [0.3, 0.4) is 0 Å². The largest absolute Gasteiger partial charge is 0.481 e. The Morgan fingerprint density at radius 2 is 1.86 bits per heavy atom. The summed E-state index contributed by atoms with van der Waals surface area (Å²) in [6, 6.07) is 0.283. The van der Waals surface area contributed by atoms with Gasteiger partial charge in [-0.25, -0.2) is 0 Å². The van der Waals surface area contributed by atoms with Gasteiger partial charge in [0.05, 0.1) is 5.92 Å². The maximum Gasteiger partial charge on any atom is 0.307 e. The van der Waals surface area contributed by atoms with Crippen LogP contribution in [0.4, 0.5) is 0 Å². The summed E-state index contributed by atoms with van der Waals surface area (Å²) in [5, 5.41) is 11.6. The standard InChI is InChI=1S/C10H17NO3/c1-6(7(2)10(13)14)9(12)11-8-4-3-5-8/h6-8H,3-5H2,1-2H3,(H,11,12)(H,13,14). The maximum absolute atomic E-state index is 11.5. The van der Waals surface area contributed by atoms with Crippen LogP contribution in [-0.2, 0) is 9.59 Å². The highest BCUT2D eigenvalue weighted by Crippen LogP contribution is 2.19. The number of rotatable bonds is 4. The summed E-state index contributed by atoms with van der Waals surface area (Å²) >= 11 is 0. The van der Waals surface area contributed by atoms with Gasteiger partial charge in [-0.2, -0.15) is 0 Å². The van der Waals surface area contributed by atoms with Gasteiger partial charge in [-0.15, -0.1) is 0 Å². The lowest BCUT2D eigenvalue weighted by Crippen LogP contribution is -2.44. The Morgan fingerprint density at radius 3 is 2.21 bits per heavy atom. The number of hydrogen-bond acceptors (Lipinski definition) is 2. The van der Waals surface area contributed by atoms with Crippen LogP contribution in [0.25, 0.3) is 0 Å². The van der Waals surface area contributed by atoms with Gasteiger partial charge in [0.25, 0.3) is 0 Å². The second-order valence-electron chi connectivity index (χ2n) is 4.05. The zero-order valence-corrected chi connectivity index (χ0v) is 8.62. The Bertz CT molecular complexity index is 236. The van der Waals surface area contributed by atoms with Crippen molar-refractivity contribution in [2.45, 2.75) is 39.2 Å². The molecule has 0 aliphatic heterocycles. The molecule has 2 N–H and O–H groups in total. The fraction of sp³-hybridized carbons (Fsp3) is 0.800. The number of nitrogens with one attached hydrogen (secondary N) is 1. The Balaban J connectivity index is 2.38. The summed E-state index contributed by atoms with van der Waals surface area (Å²) in [6.07, 6.45) is 3.22. The molecule has 1 rings (SSSR count). The molecule has 0 heterocycles. The molecule has 0 aromatic heterocycles. The smallest absolute Gasteiger partial charge is 0.307 e. The van der Waals surface area contributed by atoms with E-state index in [2.05, 4.69) is 5.32 Å². The third-order valence-electron chi connectivity index (χ3n) is 3.00. The number of carbonyl (C=O) groups is 2. The maximum atomic E-state index is 11.5. The normalized spacial score (nSPS) is 20.7. The molecule has 80 valence electrons. The Kier molecular flexibility index (Phi) is 3.49. The molecular formula is C10H17NO3. The minimum absolute atomic E-state index is 0.135. The topological polar surface area (TPSA) is 66.4 Å². The Hall–Kier alpha value is -1.06. The molecule has 2 unspecified atom stereocenters. The lowest BCUT2D eigenvalue weighted by atomic mass is 9.90. The highest BCUT2D eigenvalue weighted by atomic mass is 16.4. The molecule has 0 saturated heterocycles. The summed E-state index contributed by atoms with van der Waals surface area (Å²) < 4.78 is 0. The van der Waals surface area contributed by atoms with Crippen LogP contribution in [0, 0.1) is 11.8 Å². The van der Waals surface area contributed by atoms with Crippen LogP contribution in [0.15, 0.2) is 0 Å². The quantitative estimate of drug-likeness (QED) is 0.710. The van der Waals surface area contributed by atoms with Gasteiger partial charge < -0.3 is 10.4 Å². The van der Waals surface area contributed by atoms with Crippen molar-refractivity contribution in [2.24, 2.45) is 11.8 Å². The number of hydrogen-bond donors (Lipinski definition) is 2. The SMILES string of the molecule is CC(C(=O)O)C(C)C(=O)NC1CCC1. The van der Waals surface area contributed by atoms with E-state index >= 15 is 0 Å². The molecule has 1 aliphatic carbocycles. The Labute approximate surface area is 83.7 Å². The van der Waals surface area contributed by atoms with Crippen molar-refractivity contribution >= 4 is 11.9 Å². The third-order valence-corrected chi connectivity index (χ3v) is 3.00. The highest BCUT2D eigenvalue weighted by molar-refractivity contribution is 5.84. The second kappa shape index (κ2) is 4.44. The molecule has 0 bridgehead atoms. The van der Waals surface area contributed by atoms with E-state index in [1.54, 1.807) is 13.8 Å². The first kappa shape index (κ1) is 11.0. The molecule has 0 spiro atoms. The molecule has 2 atom stereocenters. The van der Waals surface area contributed by atoms with Crippen LogP contribution in [0.1, 0.15) is 33.1 Å². The lowest BCUT2D eigenvalue weighted by Gasteiger charge is -2.28. The van der Waals surface area contributed by atoms with Gasteiger partial charge in [-0.1, -0.05) is 13.8 Å². The minimum Gasteiger partial charge on any atom is -0.481 e.